The number of pyridine rings is 1. The van der Waals surface area contributed by atoms with Crippen molar-refractivity contribution in [3.8, 4) is 17.1 Å². The number of rotatable bonds is 9. The molecule has 0 aliphatic carbocycles. The number of aromatic nitrogens is 4. The zero-order valence-electron chi connectivity index (χ0n) is 18.8. The van der Waals surface area contributed by atoms with E-state index in [1.165, 1.54) is 34.2 Å². The summed E-state index contributed by atoms with van der Waals surface area (Å²) in [6, 6.07) is 11.7. The maximum atomic E-state index is 12.7. The molecular weight excluding hydrogens is 468 g/mol. The number of thioether (sulfide) groups is 1. The molecule has 0 saturated heterocycles. The van der Waals surface area contributed by atoms with Gasteiger partial charge in [-0.05, 0) is 47.5 Å². The largest absolute Gasteiger partial charge is 0.366 e. The topological polar surface area (TPSA) is 116 Å². The normalized spacial score (nSPS) is 10.9. The molecule has 2 amide bonds. The first kappa shape index (κ1) is 23.7. The lowest BCUT2D eigenvalue weighted by Gasteiger charge is -2.17. The molecule has 0 spiro atoms. The number of nitrogens with zero attached hydrogens (tertiary/aromatic N) is 4. The molecule has 174 valence electrons. The zero-order valence-corrected chi connectivity index (χ0v) is 20.4. The number of nitrogens with two attached hydrogens (primary N) is 1. The van der Waals surface area contributed by atoms with Gasteiger partial charge >= 0.3 is 0 Å². The molecule has 4 aromatic rings. The molecule has 0 aliphatic rings. The highest BCUT2D eigenvalue weighted by Crippen LogP contribution is 2.32. The van der Waals surface area contributed by atoms with E-state index in [2.05, 4.69) is 52.5 Å². The average Bonchev–Trinajstić information content (AvgIpc) is 3.49. The van der Waals surface area contributed by atoms with Crippen LogP contribution in [0.3, 0.4) is 0 Å². The van der Waals surface area contributed by atoms with Crippen LogP contribution in [0, 0.1) is 0 Å². The molecule has 3 N–H and O–H groups in total. The lowest BCUT2D eigenvalue weighted by molar-refractivity contribution is -0.113. The fraction of sp³-hybridized carbons (Fsp3) is 0.208. The number of hydrogen-bond acceptors (Lipinski definition) is 7. The molecule has 1 aromatic carbocycles. The minimum atomic E-state index is -0.576. The van der Waals surface area contributed by atoms with Gasteiger partial charge in [0.15, 0.2) is 11.0 Å². The second-order valence-electron chi connectivity index (χ2n) is 7.38. The Hall–Kier alpha value is -3.50. The smallest absolute Gasteiger partial charge is 0.251 e. The van der Waals surface area contributed by atoms with E-state index in [9.17, 15) is 9.59 Å². The van der Waals surface area contributed by atoms with E-state index in [0.717, 1.165) is 24.1 Å². The van der Waals surface area contributed by atoms with Gasteiger partial charge in [0, 0.05) is 18.0 Å². The number of thiophene rings is 1. The van der Waals surface area contributed by atoms with Crippen LogP contribution in [0.5, 0.6) is 0 Å². The van der Waals surface area contributed by atoms with E-state index in [1.54, 1.807) is 23.8 Å². The number of nitrogens with one attached hydrogen (secondary N) is 1. The van der Waals surface area contributed by atoms with Gasteiger partial charge in [-0.1, -0.05) is 43.8 Å². The first-order valence-corrected chi connectivity index (χ1v) is 12.7. The molecule has 10 heteroatoms. The number of para-hydroxylation sites is 1. The van der Waals surface area contributed by atoms with Gasteiger partial charge in [0.25, 0.3) is 5.91 Å². The highest BCUT2D eigenvalue weighted by Gasteiger charge is 2.21. The summed E-state index contributed by atoms with van der Waals surface area (Å²) in [5, 5.41) is 14.4. The Bertz CT molecular complexity index is 1290. The van der Waals surface area contributed by atoms with Crippen LogP contribution in [0.25, 0.3) is 17.1 Å². The number of amides is 2. The van der Waals surface area contributed by atoms with Crippen LogP contribution in [-0.2, 0) is 17.6 Å². The van der Waals surface area contributed by atoms with Gasteiger partial charge in [-0.15, -0.1) is 21.5 Å². The van der Waals surface area contributed by atoms with Gasteiger partial charge in [-0.25, -0.2) is 0 Å². The number of benzene rings is 1. The third-order valence-corrected chi connectivity index (χ3v) is 7.02. The van der Waals surface area contributed by atoms with Gasteiger partial charge in [-0.2, -0.15) is 0 Å². The minimum absolute atomic E-state index is 0.0943. The Morgan fingerprint density at radius 1 is 1.09 bits per heavy atom. The van der Waals surface area contributed by atoms with Crippen LogP contribution >= 0.6 is 23.1 Å². The van der Waals surface area contributed by atoms with Crippen molar-refractivity contribution < 1.29 is 9.59 Å². The molecule has 34 heavy (non-hydrogen) atoms. The summed E-state index contributed by atoms with van der Waals surface area (Å²) >= 11 is 2.54. The summed E-state index contributed by atoms with van der Waals surface area (Å²) in [6.45, 7) is 4.23. The van der Waals surface area contributed by atoms with Crippen molar-refractivity contribution in [2.45, 2.75) is 31.8 Å². The summed E-state index contributed by atoms with van der Waals surface area (Å²) in [6.07, 6.45) is 5.15. The lowest BCUT2D eigenvalue weighted by Crippen LogP contribution is -2.18. The number of carbonyl (C=O) groups excluding carboxylic acids is 2. The Kier molecular flexibility index (Phi) is 7.39. The van der Waals surface area contributed by atoms with Gasteiger partial charge in [-0.3, -0.25) is 19.1 Å². The molecule has 0 radical (unpaired) electrons. The Morgan fingerprint density at radius 2 is 1.85 bits per heavy atom. The first-order chi connectivity index (χ1) is 16.5. The van der Waals surface area contributed by atoms with Crippen LogP contribution in [0.4, 0.5) is 5.00 Å². The van der Waals surface area contributed by atoms with Crippen LogP contribution in [0.1, 0.15) is 35.3 Å². The predicted molar refractivity (Wildman–Crippen MR) is 136 cm³/mol. The molecule has 0 saturated carbocycles. The van der Waals surface area contributed by atoms with E-state index < -0.39 is 5.91 Å². The van der Waals surface area contributed by atoms with Gasteiger partial charge in [0.1, 0.15) is 5.00 Å². The van der Waals surface area contributed by atoms with Crippen LogP contribution < -0.4 is 11.1 Å². The second-order valence-corrected chi connectivity index (χ2v) is 9.24. The lowest BCUT2D eigenvalue weighted by atomic mass is 10.0. The SMILES string of the molecule is CCc1cccc(CC)c1-n1c(SCC(=O)Nc2sccc2C(N)=O)nnc1-c1cccnc1. The van der Waals surface area contributed by atoms with E-state index >= 15 is 0 Å². The molecule has 0 aliphatic heterocycles. The van der Waals surface area contributed by atoms with E-state index in [4.69, 9.17) is 5.73 Å². The van der Waals surface area contributed by atoms with E-state index in [0.29, 0.717) is 21.5 Å². The highest BCUT2D eigenvalue weighted by molar-refractivity contribution is 7.99. The number of carbonyl (C=O) groups is 2. The zero-order chi connectivity index (χ0) is 24.1. The summed E-state index contributed by atoms with van der Waals surface area (Å²) in [5.41, 5.74) is 9.89. The Morgan fingerprint density at radius 3 is 2.50 bits per heavy atom. The van der Waals surface area contributed by atoms with Crippen molar-refractivity contribution in [3.05, 3.63) is 70.9 Å². The van der Waals surface area contributed by atoms with Crippen LogP contribution in [0.2, 0.25) is 0 Å². The van der Waals surface area contributed by atoms with Crippen molar-refractivity contribution >= 4 is 39.9 Å². The standard InChI is InChI=1S/C24H24N6O2S2/c1-3-15-7-5-8-16(4-2)20(15)30-22(17-9-6-11-26-13-17)28-29-24(30)34-14-19(31)27-23-18(21(25)32)10-12-33-23/h5-13H,3-4,14H2,1-2H3,(H2,25,32)(H,27,31). The van der Waals surface area contributed by atoms with Crippen LogP contribution in [0.15, 0.2) is 59.3 Å². The number of anilines is 1. The first-order valence-electron chi connectivity index (χ1n) is 10.8. The number of primary amides is 1. The fourth-order valence-electron chi connectivity index (χ4n) is 3.64. The molecule has 8 nitrogen and oxygen atoms in total. The van der Waals surface area contributed by atoms with Crippen molar-refractivity contribution in [2.24, 2.45) is 5.73 Å². The van der Waals surface area contributed by atoms with Gasteiger partial charge in [0.05, 0.1) is 17.0 Å². The fourth-order valence-corrected chi connectivity index (χ4v) is 5.19. The molecule has 0 unspecified atom stereocenters. The third kappa shape index (κ3) is 4.87. The number of hydrogen-bond donors (Lipinski definition) is 2. The monoisotopic (exact) mass is 492 g/mol. The molecule has 3 heterocycles. The molecule has 0 atom stereocenters. The van der Waals surface area contributed by atoms with Crippen molar-refractivity contribution in [2.75, 3.05) is 11.1 Å². The highest BCUT2D eigenvalue weighted by atomic mass is 32.2. The van der Waals surface area contributed by atoms with Crippen LogP contribution in [-0.4, -0.2) is 37.3 Å². The molecule has 0 fully saturated rings. The van der Waals surface area contributed by atoms with E-state index in [1.807, 2.05) is 16.7 Å². The molecule has 4 rings (SSSR count). The third-order valence-electron chi connectivity index (χ3n) is 5.26. The summed E-state index contributed by atoms with van der Waals surface area (Å²) < 4.78 is 2.02. The van der Waals surface area contributed by atoms with Crippen molar-refractivity contribution in [3.63, 3.8) is 0 Å². The maximum absolute atomic E-state index is 12.7. The second kappa shape index (κ2) is 10.6. The molecular formula is C24H24N6O2S2. The van der Waals surface area contributed by atoms with Gasteiger partial charge < -0.3 is 11.1 Å². The predicted octanol–water partition coefficient (Wildman–Crippen LogP) is 4.35. The molecule has 0 bridgehead atoms. The molecule has 3 aromatic heterocycles. The number of aryl methyl sites for hydroxylation is 2. The maximum Gasteiger partial charge on any atom is 0.251 e. The quantitative estimate of drug-likeness (QED) is 0.336. The Labute approximate surface area is 205 Å². The summed E-state index contributed by atoms with van der Waals surface area (Å²) in [5.74, 6) is -0.0714. The Balaban J connectivity index is 1.69. The van der Waals surface area contributed by atoms with Crippen molar-refractivity contribution in [1.82, 2.24) is 19.7 Å². The summed E-state index contributed by atoms with van der Waals surface area (Å²) in [7, 11) is 0. The van der Waals surface area contributed by atoms with E-state index in [-0.39, 0.29) is 11.7 Å². The summed E-state index contributed by atoms with van der Waals surface area (Å²) in [4.78, 5) is 28.5. The minimum Gasteiger partial charge on any atom is -0.366 e. The van der Waals surface area contributed by atoms with Gasteiger partial charge in [0.2, 0.25) is 5.91 Å². The van der Waals surface area contributed by atoms with Crippen molar-refractivity contribution in [1.29, 1.82) is 0 Å². The average molecular weight is 493 g/mol.